The van der Waals surface area contributed by atoms with E-state index in [0.29, 0.717) is 13.1 Å². The summed E-state index contributed by atoms with van der Waals surface area (Å²) in [7, 11) is 0. The van der Waals surface area contributed by atoms with Gasteiger partial charge in [0.25, 0.3) is 0 Å². The zero-order chi connectivity index (χ0) is 28.2. The first-order valence-electron chi connectivity index (χ1n) is 14.3. The number of hydrogen-bond acceptors (Lipinski definition) is 4. The van der Waals surface area contributed by atoms with Crippen molar-refractivity contribution < 1.29 is 0 Å². The predicted molar refractivity (Wildman–Crippen MR) is 182 cm³/mol. The molecule has 0 aromatic heterocycles. The highest BCUT2D eigenvalue weighted by Gasteiger charge is 2.08. The van der Waals surface area contributed by atoms with E-state index in [0.717, 1.165) is 36.3 Å². The molecule has 2 N–H and O–H groups in total. The summed E-state index contributed by atoms with van der Waals surface area (Å²) in [6, 6.07) is 26.7. The zero-order valence-electron chi connectivity index (χ0n) is 24.3. The highest BCUT2D eigenvalue weighted by atomic mass is 32.2. The Morgan fingerprint density at radius 2 is 1.07 bits per heavy atom. The number of unbranched alkanes of at least 4 members (excludes halogenated alkanes) is 2. The lowest BCUT2D eigenvalue weighted by Gasteiger charge is -2.12. The fourth-order valence-corrected chi connectivity index (χ4v) is 5.63. The first kappa shape index (κ1) is 30.0. The summed E-state index contributed by atoms with van der Waals surface area (Å²) in [6.07, 6.45) is 8.85. The van der Waals surface area contributed by atoms with Crippen LogP contribution < -0.4 is 10.6 Å². The van der Waals surface area contributed by atoms with Gasteiger partial charge in [0.2, 0.25) is 0 Å². The topological polar surface area (TPSA) is 48.8 Å². The van der Waals surface area contributed by atoms with Crippen molar-refractivity contribution in [3.8, 4) is 11.1 Å². The highest BCUT2D eigenvalue weighted by Crippen LogP contribution is 2.31. The maximum atomic E-state index is 4.90. The van der Waals surface area contributed by atoms with Gasteiger partial charge in [-0.2, -0.15) is 0 Å². The molecule has 6 heteroatoms. The Morgan fingerprint density at radius 3 is 1.48 bits per heavy atom. The molecule has 4 aromatic carbocycles. The number of amidine groups is 2. The van der Waals surface area contributed by atoms with E-state index in [2.05, 4.69) is 110 Å². The molecule has 0 heterocycles. The summed E-state index contributed by atoms with van der Waals surface area (Å²) >= 11 is 3.37. The van der Waals surface area contributed by atoms with Crippen LogP contribution in [0.15, 0.2) is 82.8 Å². The third kappa shape index (κ3) is 8.05. The van der Waals surface area contributed by atoms with E-state index >= 15 is 0 Å². The van der Waals surface area contributed by atoms with E-state index in [1.54, 1.807) is 23.5 Å². The second-order valence-electron chi connectivity index (χ2n) is 9.92. The summed E-state index contributed by atoms with van der Waals surface area (Å²) in [5.74, 6) is 0. The van der Waals surface area contributed by atoms with Crippen LogP contribution in [0.4, 0.5) is 0 Å². The Labute approximate surface area is 248 Å². The number of thioether (sulfide) groups is 2. The third-order valence-electron chi connectivity index (χ3n) is 7.06. The predicted octanol–water partition coefficient (Wildman–Crippen LogP) is 8.88. The second-order valence-corrected chi connectivity index (χ2v) is 11.5. The molecule has 0 radical (unpaired) electrons. The smallest absolute Gasteiger partial charge is 0.156 e. The fourth-order valence-electron chi connectivity index (χ4n) is 4.75. The van der Waals surface area contributed by atoms with Gasteiger partial charge in [0.1, 0.15) is 0 Å². The van der Waals surface area contributed by atoms with Crippen molar-refractivity contribution in [2.45, 2.75) is 52.6 Å². The summed E-state index contributed by atoms with van der Waals surface area (Å²) in [4.78, 5) is 9.81. The van der Waals surface area contributed by atoms with Crippen LogP contribution in [0.25, 0.3) is 32.7 Å². The molecule has 0 saturated heterocycles. The van der Waals surface area contributed by atoms with Crippen molar-refractivity contribution in [2.75, 3.05) is 25.6 Å². The molecule has 210 valence electrons. The largest absolute Gasteiger partial charge is 0.365 e. The normalized spacial score (nSPS) is 12.3. The maximum Gasteiger partial charge on any atom is 0.156 e. The number of rotatable bonds is 11. The van der Waals surface area contributed by atoms with E-state index in [4.69, 9.17) is 9.98 Å². The highest BCUT2D eigenvalue weighted by molar-refractivity contribution is 8.13. The van der Waals surface area contributed by atoms with Crippen molar-refractivity contribution in [2.24, 2.45) is 9.98 Å². The molecule has 0 spiro atoms. The summed E-state index contributed by atoms with van der Waals surface area (Å²) < 4.78 is 0. The number of nitrogens with zero attached hydrogens (tertiary/aromatic N) is 2. The lowest BCUT2D eigenvalue weighted by atomic mass is 9.95. The molecule has 4 nitrogen and oxygen atoms in total. The minimum absolute atomic E-state index is 0.667. The quantitative estimate of drug-likeness (QED) is 0.107. The molecule has 0 aliphatic rings. The number of aliphatic imine (C=N–C) groups is 2. The van der Waals surface area contributed by atoms with Crippen LogP contribution in [0.3, 0.4) is 0 Å². The SMILES string of the molecule is CCCCNC(=NCc1cccc2ccc(-c3ccc4cccc(CN=C(NCCCC)SC)c4c3)cc12)SC. The molecule has 0 atom stereocenters. The van der Waals surface area contributed by atoms with Crippen molar-refractivity contribution in [3.05, 3.63) is 83.9 Å². The fraction of sp³-hybridized carbons (Fsp3) is 0.353. The number of fused-ring (bicyclic) bond motifs is 2. The van der Waals surface area contributed by atoms with E-state index in [-0.39, 0.29) is 0 Å². The summed E-state index contributed by atoms with van der Waals surface area (Å²) in [6.45, 7) is 7.70. The van der Waals surface area contributed by atoms with Gasteiger partial charge in [-0.3, -0.25) is 9.98 Å². The zero-order valence-corrected chi connectivity index (χ0v) is 25.9. The molecule has 0 fully saturated rings. The van der Waals surface area contributed by atoms with Crippen molar-refractivity contribution in [1.29, 1.82) is 0 Å². The standard InChI is InChI=1S/C34H42N4S2/c1-5-7-19-35-33(39-3)37-23-29-13-9-11-25-15-17-27(21-31(25)29)28-18-16-26-12-10-14-30(32(26)22-28)24-38-34(40-4)36-20-8-6-2/h9-18,21-22H,5-8,19-20,23-24H2,1-4H3,(H,35,37)(H,36,38). The Hall–Kier alpha value is -2.96. The molecular formula is C34H42N4S2. The molecule has 0 saturated carbocycles. The lowest BCUT2D eigenvalue weighted by Crippen LogP contribution is -2.21. The Morgan fingerprint density at radius 1 is 0.625 bits per heavy atom. The molecule has 0 bridgehead atoms. The van der Waals surface area contributed by atoms with Gasteiger partial charge in [-0.15, -0.1) is 0 Å². The third-order valence-corrected chi connectivity index (χ3v) is 8.38. The van der Waals surface area contributed by atoms with Crippen LogP contribution >= 0.6 is 23.5 Å². The molecule has 0 aliphatic heterocycles. The summed E-state index contributed by atoms with van der Waals surface area (Å²) in [5, 5.41) is 14.0. The average Bonchev–Trinajstić information content (AvgIpc) is 3.00. The Bertz CT molecular complexity index is 1350. The van der Waals surface area contributed by atoms with E-state index in [1.165, 1.54) is 56.6 Å². The van der Waals surface area contributed by atoms with Gasteiger partial charge in [0.05, 0.1) is 13.1 Å². The van der Waals surface area contributed by atoms with E-state index in [1.807, 2.05) is 0 Å². The van der Waals surface area contributed by atoms with Crippen LogP contribution in [-0.4, -0.2) is 35.9 Å². The molecule has 0 amide bonds. The molecular weight excluding hydrogens is 529 g/mol. The monoisotopic (exact) mass is 570 g/mol. The minimum Gasteiger partial charge on any atom is -0.365 e. The number of hydrogen-bond donors (Lipinski definition) is 2. The van der Waals surface area contributed by atoms with Gasteiger partial charge in [0.15, 0.2) is 10.3 Å². The number of nitrogens with one attached hydrogen (secondary N) is 2. The van der Waals surface area contributed by atoms with E-state index < -0.39 is 0 Å². The van der Waals surface area contributed by atoms with Gasteiger partial charge >= 0.3 is 0 Å². The van der Waals surface area contributed by atoms with Crippen LogP contribution in [-0.2, 0) is 13.1 Å². The van der Waals surface area contributed by atoms with Crippen LogP contribution in [0.2, 0.25) is 0 Å². The molecule has 0 aliphatic carbocycles. The van der Waals surface area contributed by atoms with E-state index in [9.17, 15) is 0 Å². The molecule has 4 rings (SSSR count). The van der Waals surface area contributed by atoms with Crippen molar-refractivity contribution in [3.63, 3.8) is 0 Å². The second kappa shape index (κ2) is 15.7. The van der Waals surface area contributed by atoms with Gasteiger partial charge in [-0.1, -0.05) is 111 Å². The Kier molecular flexibility index (Phi) is 11.8. The van der Waals surface area contributed by atoms with Crippen LogP contribution in [0.5, 0.6) is 0 Å². The minimum atomic E-state index is 0.667. The summed E-state index contributed by atoms with van der Waals surface area (Å²) in [5.41, 5.74) is 4.95. The first-order chi connectivity index (χ1) is 19.7. The van der Waals surface area contributed by atoms with Crippen molar-refractivity contribution in [1.82, 2.24) is 10.6 Å². The lowest BCUT2D eigenvalue weighted by molar-refractivity contribution is 0.756. The van der Waals surface area contributed by atoms with Crippen LogP contribution in [0, 0.1) is 0 Å². The van der Waals surface area contributed by atoms with Crippen molar-refractivity contribution >= 4 is 55.4 Å². The first-order valence-corrected chi connectivity index (χ1v) is 16.8. The molecule has 0 unspecified atom stereocenters. The molecule has 4 aromatic rings. The van der Waals surface area contributed by atoms with Gasteiger partial charge in [0, 0.05) is 13.1 Å². The maximum absolute atomic E-state index is 4.90. The number of benzene rings is 4. The average molecular weight is 571 g/mol. The Balaban J connectivity index is 1.63. The van der Waals surface area contributed by atoms with Gasteiger partial charge in [-0.05, 0) is 81.3 Å². The molecule has 40 heavy (non-hydrogen) atoms. The van der Waals surface area contributed by atoms with Gasteiger partial charge < -0.3 is 10.6 Å². The van der Waals surface area contributed by atoms with Crippen LogP contribution in [0.1, 0.15) is 50.7 Å². The van der Waals surface area contributed by atoms with Gasteiger partial charge in [-0.25, -0.2) is 0 Å².